The molecule has 2 aromatic rings. The van der Waals surface area contributed by atoms with E-state index in [1.807, 2.05) is 11.5 Å². The van der Waals surface area contributed by atoms with Gasteiger partial charge in [-0.1, -0.05) is 12.1 Å². The predicted molar refractivity (Wildman–Crippen MR) is 74.9 cm³/mol. The number of imidazole rings is 1. The van der Waals surface area contributed by atoms with Crippen LogP contribution in [0.25, 0.3) is 0 Å². The molecule has 0 radical (unpaired) electrons. The highest BCUT2D eigenvalue weighted by atomic mass is 32.2. The molecule has 1 heterocycles. The largest absolute Gasteiger partial charge is 0.377 e. The Labute approximate surface area is 121 Å². The molecule has 1 N–H and O–H groups in total. The van der Waals surface area contributed by atoms with Gasteiger partial charge in [-0.05, 0) is 19.1 Å². The second-order valence-electron chi connectivity index (χ2n) is 4.28. The van der Waals surface area contributed by atoms with Crippen LogP contribution in [0.4, 0.5) is 14.5 Å². The first kappa shape index (κ1) is 15.4. The van der Waals surface area contributed by atoms with Crippen LogP contribution in [0.5, 0.6) is 0 Å². The summed E-state index contributed by atoms with van der Waals surface area (Å²) in [5.74, 6) is -2.75. The third kappa shape index (κ3) is 3.21. The topological polar surface area (TPSA) is 64.0 Å². The lowest BCUT2D eigenvalue weighted by molar-refractivity contribution is 0.235. The van der Waals surface area contributed by atoms with Gasteiger partial charge in [-0.25, -0.2) is 13.4 Å². The van der Waals surface area contributed by atoms with E-state index in [0.29, 0.717) is 12.4 Å². The maximum Gasteiger partial charge on any atom is 0.341 e. The summed E-state index contributed by atoms with van der Waals surface area (Å²) in [5.41, 5.74) is 0.142. The molecule has 0 aliphatic heterocycles. The minimum absolute atomic E-state index is 0.142. The number of halogens is 2. The number of sulfone groups is 1. The van der Waals surface area contributed by atoms with Gasteiger partial charge in [0.15, 0.2) is 0 Å². The van der Waals surface area contributed by atoms with E-state index in [0.717, 1.165) is 6.07 Å². The van der Waals surface area contributed by atoms with Crippen molar-refractivity contribution in [3.63, 3.8) is 0 Å². The van der Waals surface area contributed by atoms with E-state index in [1.54, 1.807) is 18.5 Å². The molecule has 2 rings (SSSR count). The second-order valence-corrected chi connectivity index (χ2v) is 6.17. The highest BCUT2D eigenvalue weighted by molar-refractivity contribution is 7.91. The number of hydrogen-bond acceptors (Lipinski definition) is 4. The van der Waals surface area contributed by atoms with Crippen LogP contribution in [0.15, 0.2) is 41.6 Å². The zero-order chi connectivity index (χ0) is 15.5. The van der Waals surface area contributed by atoms with Crippen LogP contribution in [0.3, 0.4) is 0 Å². The van der Waals surface area contributed by atoms with Gasteiger partial charge in [0.1, 0.15) is 5.82 Å². The molecule has 8 heteroatoms. The molecule has 1 aromatic heterocycles. The van der Waals surface area contributed by atoms with Gasteiger partial charge in [0, 0.05) is 18.9 Å². The molecule has 0 unspecified atom stereocenters. The number of nitrogens with zero attached hydrogens (tertiary/aromatic N) is 2. The van der Waals surface area contributed by atoms with E-state index >= 15 is 0 Å². The molecule has 5 nitrogen and oxygen atoms in total. The number of alkyl halides is 2. The third-order valence-electron chi connectivity index (χ3n) is 3.01. The van der Waals surface area contributed by atoms with Crippen molar-refractivity contribution in [3.05, 3.63) is 42.5 Å². The quantitative estimate of drug-likeness (QED) is 0.889. The van der Waals surface area contributed by atoms with Gasteiger partial charge < -0.3 is 9.88 Å². The molecule has 0 aliphatic carbocycles. The Morgan fingerprint density at radius 1 is 1.33 bits per heavy atom. The number of rotatable bonds is 6. The predicted octanol–water partition coefficient (Wildman–Crippen LogP) is 2.51. The number of anilines is 1. The normalized spacial score (nSPS) is 11.8. The molecular formula is C13H15F2N3O2S. The SMILES string of the molecule is CCn1ccnc1CNc1ccccc1S(=O)(=O)C(F)F. The first-order valence-corrected chi connectivity index (χ1v) is 7.86. The molecule has 0 fully saturated rings. The minimum Gasteiger partial charge on any atom is -0.377 e. The first-order valence-electron chi connectivity index (χ1n) is 6.31. The van der Waals surface area contributed by atoms with Gasteiger partial charge in [0.25, 0.3) is 0 Å². The van der Waals surface area contributed by atoms with Crippen LogP contribution in [0, 0.1) is 0 Å². The fraction of sp³-hybridized carbons (Fsp3) is 0.308. The summed E-state index contributed by atoms with van der Waals surface area (Å²) >= 11 is 0. The van der Waals surface area contributed by atoms with Crippen molar-refractivity contribution in [1.29, 1.82) is 0 Å². The van der Waals surface area contributed by atoms with Gasteiger partial charge >= 0.3 is 5.76 Å². The lowest BCUT2D eigenvalue weighted by Gasteiger charge is -2.12. The van der Waals surface area contributed by atoms with Crippen molar-refractivity contribution in [2.75, 3.05) is 5.32 Å². The number of nitrogens with one attached hydrogen (secondary N) is 1. The van der Waals surface area contributed by atoms with E-state index in [4.69, 9.17) is 0 Å². The molecule has 1 aromatic carbocycles. The Kier molecular flexibility index (Phi) is 4.56. The van der Waals surface area contributed by atoms with Crippen LogP contribution in [-0.2, 0) is 22.9 Å². The van der Waals surface area contributed by atoms with Crippen molar-refractivity contribution in [3.8, 4) is 0 Å². The van der Waals surface area contributed by atoms with E-state index in [-0.39, 0.29) is 12.2 Å². The molecular weight excluding hydrogens is 300 g/mol. The van der Waals surface area contributed by atoms with Crippen molar-refractivity contribution >= 4 is 15.5 Å². The van der Waals surface area contributed by atoms with Crippen molar-refractivity contribution in [2.24, 2.45) is 0 Å². The third-order valence-corrected chi connectivity index (χ3v) is 4.45. The van der Waals surface area contributed by atoms with Crippen LogP contribution in [0.2, 0.25) is 0 Å². The summed E-state index contributed by atoms with van der Waals surface area (Å²) in [5, 5.41) is 2.86. The summed E-state index contributed by atoms with van der Waals surface area (Å²) in [4.78, 5) is 3.72. The van der Waals surface area contributed by atoms with E-state index in [1.165, 1.54) is 12.1 Å². The number of aromatic nitrogens is 2. The number of para-hydroxylation sites is 1. The Morgan fingerprint density at radius 2 is 2.05 bits per heavy atom. The highest BCUT2D eigenvalue weighted by Crippen LogP contribution is 2.26. The Balaban J connectivity index is 2.26. The summed E-state index contributed by atoms with van der Waals surface area (Å²) in [6.45, 7) is 2.91. The lowest BCUT2D eigenvalue weighted by atomic mass is 10.3. The van der Waals surface area contributed by atoms with Crippen LogP contribution in [-0.4, -0.2) is 23.7 Å². The summed E-state index contributed by atoms with van der Waals surface area (Å²) in [7, 11) is -4.64. The average molecular weight is 315 g/mol. The van der Waals surface area contributed by atoms with Crippen molar-refractivity contribution < 1.29 is 17.2 Å². The van der Waals surface area contributed by atoms with Crippen LogP contribution in [0.1, 0.15) is 12.7 Å². The Morgan fingerprint density at radius 3 is 2.71 bits per heavy atom. The fourth-order valence-electron chi connectivity index (χ4n) is 1.93. The lowest BCUT2D eigenvalue weighted by Crippen LogP contribution is -2.15. The summed E-state index contributed by atoms with van der Waals surface area (Å²) < 4.78 is 50.5. The van der Waals surface area contributed by atoms with E-state index in [2.05, 4.69) is 10.3 Å². The fourth-order valence-corrected chi connectivity index (χ4v) is 2.83. The molecule has 0 bridgehead atoms. The van der Waals surface area contributed by atoms with Crippen molar-refractivity contribution in [2.45, 2.75) is 30.7 Å². The number of hydrogen-bond donors (Lipinski definition) is 1. The van der Waals surface area contributed by atoms with Gasteiger partial charge in [0.2, 0.25) is 9.84 Å². The van der Waals surface area contributed by atoms with Crippen LogP contribution >= 0.6 is 0 Å². The number of benzene rings is 1. The monoisotopic (exact) mass is 315 g/mol. The molecule has 0 amide bonds. The molecule has 0 aliphatic rings. The standard InChI is InChI=1S/C13H15F2N3O2S/c1-2-18-8-7-16-12(18)9-17-10-5-3-4-6-11(10)21(19,20)13(14)15/h3-8,13,17H,2,9H2,1H3. The highest BCUT2D eigenvalue weighted by Gasteiger charge is 2.28. The zero-order valence-corrected chi connectivity index (χ0v) is 12.1. The summed E-state index contributed by atoms with van der Waals surface area (Å²) in [6, 6.07) is 5.61. The molecule has 21 heavy (non-hydrogen) atoms. The molecule has 0 atom stereocenters. The Bertz CT molecular complexity index is 714. The van der Waals surface area contributed by atoms with Gasteiger partial charge in [-0.15, -0.1) is 0 Å². The van der Waals surface area contributed by atoms with Gasteiger partial charge in [-0.2, -0.15) is 8.78 Å². The van der Waals surface area contributed by atoms with E-state index in [9.17, 15) is 17.2 Å². The van der Waals surface area contributed by atoms with Gasteiger partial charge in [0.05, 0.1) is 17.1 Å². The maximum absolute atomic E-state index is 12.7. The first-order chi connectivity index (χ1) is 9.96. The molecule has 0 saturated heterocycles. The van der Waals surface area contributed by atoms with Gasteiger partial charge in [-0.3, -0.25) is 0 Å². The zero-order valence-electron chi connectivity index (χ0n) is 11.3. The smallest absolute Gasteiger partial charge is 0.341 e. The minimum atomic E-state index is -4.64. The maximum atomic E-state index is 12.7. The average Bonchev–Trinajstić information content (AvgIpc) is 2.92. The second kappa shape index (κ2) is 6.21. The molecule has 0 saturated carbocycles. The Hall–Kier alpha value is -1.96. The molecule has 0 spiro atoms. The van der Waals surface area contributed by atoms with Crippen LogP contribution < -0.4 is 5.32 Å². The summed E-state index contributed by atoms with van der Waals surface area (Å²) in [6.07, 6.45) is 3.42. The number of aryl methyl sites for hydroxylation is 1. The van der Waals surface area contributed by atoms with E-state index < -0.39 is 20.5 Å². The molecule has 114 valence electrons. The van der Waals surface area contributed by atoms with Crippen molar-refractivity contribution in [1.82, 2.24) is 9.55 Å².